The van der Waals surface area contributed by atoms with Crippen molar-refractivity contribution in [3.8, 4) is 0 Å². The average Bonchev–Trinajstić information content (AvgIpc) is 2.48. The van der Waals surface area contributed by atoms with Gasteiger partial charge in [-0.05, 0) is 57.4 Å². The van der Waals surface area contributed by atoms with Crippen LogP contribution in [0.1, 0.15) is 71.1 Å². The third-order valence-corrected chi connectivity index (χ3v) is 6.06. The lowest BCUT2D eigenvalue weighted by Crippen LogP contribution is -2.55. The summed E-state index contributed by atoms with van der Waals surface area (Å²) in [7, 11) is 2.34. The van der Waals surface area contributed by atoms with Crippen LogP contribution >= 0.6 is 0 Å². The standard InChI is InChI=1S/C17H34N2/c1-3-15-9-11-17(14-18,12-10-15)19(2)13-16-7-5-4-6-8-16/h15-16H,3-14,18H2,1-2H3. The predicted molar refractivity (Wildman–Crippen MR) is 83.2 cm³/mol. The van der Waals surface area contributed by atoms with Crippen molar-refractivity contribution in [3.05, 3.63) is 0 Å². The Labute approximate surface area is 120 Å². The molecule has 0 atom stereocenters. The van der Waals surface area contributed by atoms with Crippen LogP contribution < -0.4 is 5.73 Å². The molecule has 0 bridgehead atoms. The van der Waals surface area contributed by atoms with Gasteiger partial charge in [0.15, 0.2) is 0 Å². The fourth-order valence-corrected chi connectivity index (χ4v) is 4.32. The van der Waals surface area contributed by atoms with Crippen LogP contribution in [0.15, 0.2) is 0 Å². The Morgan fingerprint density at radius 2 is 1.63 bits per heavy atom. The number of nitrogens with zero attached hydrogens (tertiary/aromatic N) is 1. The van der Waals surface area contributed by atoms with E-state index < -0.39 is 0 Å². The Balaban J connectivity index is 1.88. The van der Waals surface area contributed by atoms with E-state index >= 15 is 0 Å². The fourth-order valence-electron chi connectivity index (χ4n) is 4.32. The summed E-state index contributed by atoms with van der Waals surface area (Å²) in [5, 5.41) is 0. The summed E-state index contributed by atoms with van der Waals surface area (Å²) < 4.78 is 0. The molecule has 2 fully saturated rings. The molecule has 0 aliphatic heterocycles. The van der Waals surface area contributed by atoms with E-state index in [0.717, 1.165) is 18.4 Å². The summed E-state index contributed by atoms with van der Waals surface area (Å²) in [5.41, 5.74) is 6.51. The molecule has 0 aromatic rings. The number of rotatable bonds is 5. The first-order valence-electron chi connectivity index (χ1n) is 8.61. The highest BCUT2D eigenvalue weighted by Gasteiger charge is 2.37. The molecule has 2 aliphatic carbocycles. The Kier molecular flexibility index (Phi) is 5.70. The van der Waals surface area contributed by atoms with E-state index in [1.54, 1.807) is 0 Å². The van der Waals surface area contributed by atoms with Crippen molar-refractivity contribution in [2.75, 3.05) is 20.1 Å². The van der Waals surface area contributed by atoms with E-state index in [0.29, 0.717) is 5.54 Å². The third kappa shape index (κ3) is 3.72. The highest BCUT2D eigenvalue weighted by molar-refractivity contribution is 4.95. The van der Waals surface area contributed by atoms with Crippen molar-refractivity contribution < 1.29 is 0 Å². The van der Waals surface area contributed by atoms with Gasteiger partial charge in [0.2, 0.25) is 0 Å². The van der Waals surface area contributed by atoms with Gasteiger partial charge >= 0.3 is 0 Å². The zero-order valence-electron chi connectivity index (χ0n) is 13.2. The summed E-state index contributed by atoms with van der Waals surface area (Å²) in [6.07, 6.45) is 14.0. The molecule has 2 saturated carbocycles. The van der Waals surface area contributed by atoms with Crippen LogP contribution in [0.3, 0.4) is 0 Å². The minimum Gasteiger partial charge on any atom is -0.329 e. The molecule has 2 nitrogen and oxygen atoms in total. The normalized spacial score (nSPS) is 33.8. The van der Waals surface area contributed by atoms with Crippen molar-refractivity contribution in [2.24, 2.45) is 17.6 Å². The van der Waals surface area contributed by atoms with Crippen molar-refractivity contribution in [1.82, 2.24) is 4.90 Å². The van der Waals surface area contributed by atoms with E-state index in [4.69, 9.17) is 5.73 Å². The maximum Gasteiger partial charge on any atom is 0.0329 e. The molecular weight excluding hydrogens is 232 g/mol. The quantitative estimate of drug-likeness (QED) is 0.820. The predicted octanol–water partition coefficient (Wildman–Crippen LogP) is 3.80. The van der Waals surface area contributed by atoms with Crippen LogP contribution in [0.2, 0.25) is 0 Å². The van der Waals surface area contributed by atoms with Gasteiger partial charge in [0.25, 0.3) is 0 Å². The van der Waals surface area contributed by atoms with Crippen LogP contribution in [-0.4, -0.2) is 30.6 Å². The number of likely N-dealkylation sites (N-methyl/N-ethyl adjacent to an activating group) is 1. The monoisotopic (exact) mass is 266 g/mol. The molecule has 0 saturated heterocycles. The molecule has 0 spiro atoms. The lowest BCUT2D eigenvalue weighted by Gasteiger charge is -2.47. The zero-order valence-corrected chi connectivity index (χ0v) is 13.2. The second-order valence-electron chi connectivity index (χ2n) is 7.16. The van der Waals surface area contributed by atoms with Crippen molar-refractivity contribution in [3.63, 3.8) is 0 Å². The van der Waals surface area contributed by atoms with Gasteiger partial charge in [-0.25, -0.2) is 0 Å². The van der Waals surface area contributed by atoms with Gasteiger partial charge in [-0.1, -0.05) is 32.6 Å². The number of nitrogens with two attached hydrogens (primary N) is 1. The van der Waals surface area contributed by atoms with Crippen molar-refractivity contribution in [1.29, 1.82) is 0 Å². The van der Waals surface area contributed by atoms with Gasteiger partial charge in [-0.2, -0.15) is 0 Å². The smallest absolute Gasteiger partial charge is 0.0329 e. The number of hydrogen-bond donors (Lipinski definition) is 1. The highest BCUT2D eigenvalue weighted by Crippen LogP contribution is 2.37. The number of hydrogen-bond acceptors (Lipinski definition) is 2. The molecule has 19 heavy (non-hydrogen) atoms. The summed E-state index contributed by atoms with van der Waals surface area (Å²) in [4.78, 5) is 2.65. The Morgan fingerprint density at radius 3 is 2.16 bits per heavy atom. The molecule has 2 rings (SSSR count). The maximum atomic E-state index is 6.19. The molecule has 2 N–H and O–H groups in total. The second-order valence-corrected chi connectivity index (χ2v) is 7.16. The first-order chi connectivity index (χ1) is 9.20. The van der Waals surface area contributed by atoms with Gasteiger partial charge < -0.3 is 5.73 Å². The molecule has 0 unspecified atom stereocenters. The molecule has 112 valence electrons. The lowest BCUT2D eigenvalue weighted by molar-refractivity contribution is 0.0461. The van der Waals surface area contributed by atoms with Gasteiger partial charge in [-0.15, -0.1) is 0 Å². The van der Waals surface area contributed by atoms with E-state index in [2.05, 4.69) is 18.9 Å². The van der Waals surface area contributed by atoms with E-state index in [9.17, 15) is 0 Å². The largest absolute Gasteiger partial charge is 0.329 e. The van der Waals surface area contributed by atoms with Crippen molar-refractivity contribution >= 4 is 0 Å². The third-order valence-electron chi connectivity index (χ3n) is 6.06. The zero-order chi connectivity index (χ0) is 13.7. The molecule has 2 aliphatic rings. The molecule has 0 aromatic carbocycles. The van der Waals surface area contributed by atoms with Crippen molar-refractivity contribution in [2.45, 2.75) is 76.7 Å². The second kappa shape index (κ2) is 7.08. The lowest BCUT2D eigenvalue weighted by atomic mass is 9.74. The Morgan fingerprint density at radius 1 is 1.00 bits per heavy atom. The van der Waals surface area contributed by atoms with E-state index in [-0.39, 0.29) is 0 Å². The van der Waals surface area contributed by atoms with Gasteiger partial charge in [0, 0.05) is 18.6 Å². The Bertz CT molecular complexity index is 250. The average molecular weight is 266 g/mol. The summed E-state index contributed by atoms with van der Waals surface area (Å²) in [5.74, 6) is 1.90. The summed E-state index contributed by atoms with van der Waals surface area (Å²) in [6.45, 7) is 4.48. The van der Waals surface area contributed by atoms with E-state index in [1.165, 1.54) is 70.8 Å². The van der Waals surface area contributed by atoms with Gasteiger partial charge in [0.1, 0.15) is 0 Å². The summed E-state index contributed by atoms with van der Waals surface area (Å²) >= 11 is 0. The van der Waals surface area contributed by atoms with Crippen LogP contribution in [-0.2, 0) is 0 Å². The van der Waals surface area contributed by atoms with Crippen LogP contribution in [0, 0.1) is 11.8 Å². The van der Waals surface area contributed by atoms with E-state index in [1.807, 2.05) is 0 Å². The molecular formula is C17H34N2. The minimum atomic E-state index is 0.323. The topological polar surface area (TPSA) is 29.3 Å². The summed E-state index contributed by atoms with van der Waals surface area (Å²) in [6, 6.07) is 0. The van der Waals surface area contributed by atoms with Crippen LogP contribution in [0.25, 0.3) is 0 Å². The minimum absolute atomic E-state index is 0.323. The first kappa shape index (κ1) is 15.3. The maximum absolute atomic E-state index is 6.19. The molecule has 0 amide bonds. The highest BCUT2D eigenvalue weighted by atomic mass is 15.2. The first-order valence-corrected chi connectivity index (χ1v) is 8.61. The van der Waals surface area contributed by atoms with Crippen LogP contribution in [0.4, 0.5) is 0 Å². The molecule has 2 heteroatoms. The van der Waals surface area contributed by atoms with Gasteiger partial charge in [-0.3, -0.25) is 4.90 Å². The molecule has 0 aromatic heterocycles. The molecule has 0 heterocycles. The SMILES string of the molecule is CCC1CCC(CN)(N(C)CC2CCCCC2)CC1. The van der Waals surface area contributed by atoms with Gasteiger partial charge in [0.05, 0.1) is 0 Å². The Hall–Kier alpha value is -0.0800. The molecule has 0 radical (unpaired) electrons. The van der Waals surface area contributed by atoms with Crippen LogP contribution in [0.5, 0.6) is 0 Å². The fraction of sp³-hybridized carbons (Fsp3) is 1.00.